The van der Waals surface area contributed by atoms with Gasteiger partial charge in [-0.3, -0.25) is 9.09 Å². The van der Waals surface area contributed by atoms with Gasteiger partial charge in [-0.05, 0) is 49.6 Å². The van der Waals surface area contributed by atoms with E-state index in [0.717, 1.165) is 22.3 Å². The summed E-state index contributed by atoms with van der Waals surface area (Å²) in [4.78, 5) is 33.6. The Bertz CT molecular complexity index is 1980. The Labute approximate surface area is 250 Å². The predicted molar refractivity (Wildman–Crippen MR) is 157 cm³/mol. The lowest BCUT2D eigenvalue weighted by Gasteiger charge is -2.12. The molecule has 0 unspecified atom stereocenters. The van der Waals surface area contributed by atoms with Crippen LogP contribution >= 0.6 is 0 Å². The van der Waals surface area contributed by atoms with E-state index in [1.807, 2.05) is 66.9 Å². The molecule has 3 aromatic heterocycles. The van der Waals surface area contributed by atoms with Crippen LogP contribution in [0.2, 0.25) is 0 Å². The van der Waals surface area contributed by atoms with Gasteiger partial charge in [-0.15, -0.1) is 0 Å². The van der Waals surface area contributed by atoms with E-state index in [-0.39, 0.29) is 24.2 Å². The highest BCUT2D eigenvalue weighted by atomic mass is 16.6. The molecule has 0 saturated heterocycles. The molecule has 0 saturated carbocycles. The molecule has 12 heteroatoms. The molecule has 0 aliphatic carbocycles. The number of aromatic nitrogens is 4. The molecule has 0 amide bonds. The predicted octanol–water partition coefficient (Wildman–Crippen LogP) is 5.81. The Kier molecular flexibility index (Phi) is 7.96. The van der Waals surface area contributed by atoms with Gasteiger partial charge in [-0.1, -0.05) is 59.8 Å². The van der Waals surface area contributed by atoms with Crippen LogP contribution in [0.25, 0.3) is 33.5 Å². The number of benzene rings is 3. The van der Waals surface area contributed by atoms with Crippen molar-refractivity contribution in [1.29, 1.82) is 0 Å². The Hall–Kier alpha value is -5.65. The Balaban J connectivity index is 1.30. The zero-order valence-electron chi connectivity index (χ0n) is 24.2. The molecule has 224 valence electrons. The van der Waals surface area contributed by atoms with Crippen molar-refractivity contribution in [3.8, 4) is 34.6 Å². The zero-order valence-corrected chi connectivity index (χ0v) is 24.2. The Morgan fingerprint density at radius 3 is 2.39 bits per heavy atom. The fraction of sp³-hybridized carbons (Fsp3) is 0.219. The zero-order chi connectivity index (χ0) is 30.6. The summed E-state index contributed by atoms with van der Waals surface area (Å²) in [6.45, 7) is 6.21. The molecule has 3 heterocycles. The maximum Gasteiger partial charge on any atom is 0.519 e. The van der Waals surface area contributed by atoms with Crippen molar-refractivity contribution in [2.45, 2.75) is 33.9 Å². The number of nitrogens with zero attached hydrogens (tertiary/aromatic N) is 4. The second-order valence-corrected chi connectivity index (χ2v) is 9.66. The van der Waals surface area contributed by atoms with E-state index in [9.17, 15) is 9.59 Å². The van der Waals surface area contributed by atoms with Gasteiger partial charge < -0.3 is 23.0 Å². The topological polar surface area (TPSA) is 145 Å². The van der Waals surface area contributed by atoms with E-state index in [0.29, 0.717) is 48.2 Å². The molecule has 6 aromatic rings. The minimum atomic E-state index is -0.852. The van der Waals surface area contributed by atoms with Crippen molar-refractivity contribution in [2.24, 2.45) is 0 Å². The molecule has 3 aromatic carbocycles. The fourth-order valence-electron chi connectivity index (χ4n) is 4.83. The van der Waals surface area contributed by atoms with Gasteiger partial charge in [0.05, 0.1) is 36.4 Å². The van der Waals surface area contributed by atoms with Gasteiger partial charge in [-0.25, -0.2) is 9.59 Å². The van der Waals surface area contributed by atoms with Gasteiger partial charge in [0.25, 0.3) is 6.01 Å². The van der Waals surface area contributed by atoms with Crippen LogP contribution in [-0.4, -0.2) is 38.9 Å². The molecule has 6 rings (SSSR count). The van der Waals surface area contributed by atoms with Crippen molar-refractivity contribution < 1.29 is 32.4 Å². The van der Waals surface area contributed by atoms with Crippen LogP contribution in [0.3, 0.4) is 0 Å². The second kappa shape index (κ2) is 12.3. The van der Waals surface area contributed by atoms with Crippen molar-refractivity contribution in [3.05, 3.63) is 100.0 Å². The highest BCUT2D eigenvalue weighted by Crippen LogP contribution is 2.32. The van der Waals surface area contributed by atoms with Crippen molar-refractivity contribution in [3.63, 3.8) is 0 Å². The first-order valence-corrected chi connectivity index (χ1v) is 14.0. The highest BCUT2D eigenvalue weighted by Gasteiger charge is 2.22. The molecule has 12 nitrogen and oxygen atoms in total. The maximum absolute atomic E-state index is 13.2. The third kappa shape index (κ3) is 5.69. The largest absolute Gasteiger partial charge is 0.519 e. The van der Waals surface area contributed by atoms with E-state index in [2.05, 4.69) is 15.1 Å². The average Bonchev–Trinajstić information content (AvgIpc) is 3.73. The van der Waals surface area contributed by atoms with E-state index in [4.69, 9.17) is 27.6 Å². The second-order valence-electron chi connectivity index (χ2n) is 9.66. The number of imidazole rings is 1. The number of hydrogen-bond donors (Lipinski definition) is 0. The first kappa shape index (κ1) is 28.5. The minimum absolute atomic E-state index is 0.122. The Morgan fingerprint density at radius 1 is 0.886 bits per heavy atom. The molecule has 0 bridgehead atoms. The quantitative estimate of drug-likeness (QED) is 0.167. The molecular weight excluding hydrogens is 568 g/mol. The minimum Gasteiger partial charge on any atom is -0.465 e. The highest BCUT2D eigenvalue weighted by molar-refractivity contribution is 6.02. The number of ether oxygens (including phenoxy) is 3. The van der Waals surface area contributed by atoms with Crippen LogP contribution in [0.15, 0.2) is 84.9 Å². The van der Waals surface area contributed by atoms with Crippen LogP contribution < -0.4 is 15.3 Å². The van der Waals surface area contributed by atoms with Gasteiger partial charge in [0.1, 0.15) is 0 Å². The van der Waals surface area contributed by atoms with Crippen LogP contribution in [0.4, 0.5) is 0 Å². The van der Waals surface area contributed by atoms with Gasteiger partial charge in [0.2, 0.25) is 5.82 Å². The number of carbonyl (C=O) groups is 1. The summed E-state index contributed by atoms with van der Waals surface area (Å²) in [5.41, 5.74) is 5.07. The lowest BCUT2D eigenvalue weighted by molar-refractivity contribution is 0.0444. The molecule has 0 aliphatic rings. The molecule has 0 spiro atoms. The van der Waals surface area contributed by atoms with E-state index >= 15 is 0 Å². The van der Waals surface area contributed by atoms with Crippen LogP contribution in [0, 0.1) is 6.92 Å². The fourth-order valence-corrected chi connectivity index (χ4v) is 4.83. The number of rotatable bonds is 11. The van der Waals surface area contributed by atoms with Crippen molar-refractivity contribution in [1.82, 2.24) is 19.7 Å². The smallest absolute Gasteiger partial charge is 0.465 e. The van der Waals surface area contributed by atoms with Gasteiger partial charge in [-0.2, -0.15) is 9.97 Å². The van der Waals surface area contributed by atoms with Crippen molar-refractivity contribution in [2.75, 3.05) is 13.2 Å². The lowest BCUT2D eigenvalue weighted by atomic mass is 9.98. The van der Waals surface area contributed by atoms with Crippen LogP contribution in [0.5, 0.6) is 12.1 Å². The number of carbonyl (C=O) groups excluding carboxylic acids is 1. The molecule has 0 fully saturated rings. The number of para-hydroxylation sites is 1. The molecular formula is C32H28N4O8. The monoisotopic (exact) mass is 596 g/mol. The van der Waals surface area contributed by atoms with E-state index < -0.39 is 11.8 Å². The molecule has 0 N–H and O–H groups in total. The van der Waals surface area contributed by atoms with Crippen molar-refractivity contribution >= 4 is 17.0 Å². The van der Waals surface area contributed by atoms with E-state index in [1.54, 1.807) is 25.1 Å². The summed E-state index contributed by atoms with van der Waals surface area (Å²) in [6.07, 6.45) is 0.122. The summed E-state index contributed by atoms with van der Waals surface area (Å²) in [5.74, 6) is -0.624. The third-order valence-electron chi connectivity index (χ3n) is 6.84. The molecule has 0 radical (unpaired) electrons. The molecule has 0 aliphatic heterocycles. The lowest BCUT2D eigenvalue weighted by Crippen LogP contribution is -2.10. The first-order chi connectivity index (χ1) is 21.4. The average molecular weight is 597 g/mol. The molecule has 0 atom stereocenters. The third-order valence-corrected chi connectivity index (χ3v) is 6.84. The van der Waals surface area contributed by atoms with Crippen LogP contribution in [0.1, 0.15) is 41.3 Å². The first-order valence-electron chi connectivity index (χ1n) is 14.0. The number of hydrogen-bond acceptors (Lipinski definition) is 11. The van der Waals surface area contributed by atoms with Gasteiger partial charge in [0, 0.05) is 5.56 Å². The van der Waals surface area contributed by atoms with Gasteiger partial charge in [0.15, 0.2) is 18.1 Å². The molecule has 44 heavy (non-hydrogen) atoms. The Morgan fingerprint density at radius 2 is 1.66 bits per heavy atom. The summed E-state index contributed by atoms with van der Waals surface area (Å²) in [5, 5.41) is 4.08. The number of fused-ring (bicyclic) bond motifs is 1. The maximum atomic E-state index is 13.2. The summed E-state index contributed by atoms with van der Waals surface area (Å²) < 4.78 is 33.5. The standard InChI is InChI=1S/C32H28N4O8/c1-4-39-30-33-25-12-8-11-24(29(37)41-18-26-19(3)42-32(38)43-26)27(25)36(30)17-20-13-15-21(16-14-20)22-9-6-7-10-23(22)28-34-31(40-5-2)44-35-28/h6-16H,4-5,17-18H2,1-3H3. The summed E-state index contributed by atoms with van der Waals surface area (Å²) in [6, 6.07) is 21.4. The summed E-state index contributed by atoms with van der Waals surface area (Å²) >= 11 is 0. The van der Waals surface area contributed by atoms with Gasteiger partial charge >= 0.3 is 17.9 Å². The number of esters is 1. The number of aryl methyl sites for hydroxylation is 1. The SMILES string of the molecule is CCOc1nc(-c2ccccc2-c2ccc(Cn3c(OCC)nc4cccc(C(=O)OCc5oc(=O)oc5C)c43)cc2)no1. The normalized spacial score (nSPS) is 11.2. The summed E-state index contributed by atoms with van der Waals surface area (Å²) in [7, 11) is 0. The van der Waals surface area contributed by atoms with E-state index in [1.165, 1.54) is 0 Å². The van der Waals surface area contributed by atoms with Crippen LogP contribution in [-0.2, 0) is 17.9 Å².